The van der Waals surface area contributed by atoms with E-state index >= 15 is 0 Å². The van der Waals surface area contributed by atoms with Crippen molar-refractivity contribution in [2.45, 2.75) is 25.5 Å². The summed E-state index contributed by atoms with van der Waals surface area (Å²) in [6, 6.07) is 9.59. The number of nitrogens with zero attached hydrogens (tertiary/aromatic N) is 5. The van der Waals surface area contributed by atoms with Gasteiger partial charge in [0.1, 0.15) is 5.60 Å². The van der Waals surface area contributed by atoms with Crippen LogP contribution in [-0.4, -0.2) is 50.3 Å². The van der Waals surface area contributed by atoms with E-state index in [0.29, 0.717) is 24.1 Å². The Balaban J connectivity index is 0.00000341. The van der Waals surface area contributed by atoms with E-state index in [1.165, 1.54) is 0 Å². The Morgan fingerprint density at radius 1 is 1.26 bits per heavy atom. The molecule has 3 rings (SSSR count). The lowest BCUT2D eigenvalue weighted by molar-refractivity contribution is 0.0672. The van der Waals surface area contributed by atoms with Gasteiger partial charge in [0, 0.05) is 49.3 Å². The summed E-state index contributed by atoms with van der Waals surface area (Å²) in [4.78, 5) is 4.59. The lowest BCUT2D eigenvalue weighted by Gasteiger charge is -2.23. The second-order valence-corrected chi connectivity index (χ2v) is 7.74. The van der Waals surface area contributed by atoms with E-state index in [9.17, 15) is 5.11 Å². The highest BCUT2D eigenvalue weighted by atomic mass is 127. The summed E-state index contributed by atoms with van der Waals surface area (Å²) in [5.74, 6) is 0.618. The third-order valence-electron chi connectivity index (χ3n) is 4.78. The van der Waals surface area contributed by atoms with E-state index < -0.39 is 5.60 Å². The van der Waals surface area contributed by atoms with Crippen molar-refractivity contribution < 1.29 is 5.11 Å². The van der Waals surface area contributed by atoms with Gasteiger partial charge in [-0.15, -0.1) is 24.0 Å². The van der Waals surface area contributed by atoms with Gasteiger partial charge in [0.15, 0.2) is 5.96 Å². The fourth-order valence-electron chi connectivity index (χ4n) is 3.07. The molecule has 10 heteroatoms. The summed E-state index contributed by atoms with van der Waals surface area (Å²) in [5, 5.41) is 26.6. The molecule has 0 bridgehead atoms. The summed E-state index contributed by atoms with van der Waals surface area (Å²) in [6.07, 6.45) is 7.14. The van der Waals surface area contributed by atoms with Gasteiger partial charge in [0.2, 0.25) is 0 Å². The summed E-state index contributed by atoms with van der Waals surface area (Å²) in [5.41, 5.74) is 0.683. The van der Waals surface area contributed by atoms with Crippen LogP contribution >= 0.6 is 35.6 Å². The Kier molecular flexibility index (Phi) is 9.32. The highest BCUT2D eigenvalue weighted by Crippen LogP contribution is 2.21. The molecule has 2 atom stereocenters. The van der Waals surface area contributed by atoms with E-state index in [-0.39, 0.29) is 36.6 Å². The van der Waals surface area contributed by atoms with Crippen LogP contribution in [0.4, 0.5) is 0 Å². The molecule has 0 saturated heterocycles. The van der Waals surface area contributed by atoms with E-state index in [1.54, 1.807) is 30.2 Å². The molecule has 0 aliphatic heterocycles. The van der Waals surface area contributed by atoms with Crippen molar-refractivity contribution in [2.24, 2.45) is 12.0 Å². The molecule has 2 heterocycles. The first-order valence-corrected chi connectivity index (χ1v) is 10.2. The molecule has 3 N–H and O–H groups in total. The van der Waals surface area contributed by atoms with Gasteiger partial charge in [-0.2, -0.15) is 10.2 Å². The molecule has 31 heavy (non-hydrogen) atoms. The largest absolute Gasteiger partial charge is 0.383 e. The average Bonchev–Trinajstić information content (AvgIpc) is 3.40. The van der Waals surface area contributed by atoms with Crippen LogP contribution in [0.25, 0.3) is 0 Å². The zero-order valence-electron chi connectivity index (χ0n) is 17.9. The minimum absolute atomic E-state index is 0. The quantitative estimate of drug-likeness (QED) is 0.225. The van der Waals surface area contributed by atoms with Crippen molar-refractivity contribution in [3.63, 3.8) is 0 Å². The van der Waals surface area contributed by atoms with Crippen LogP contribution in [0.3, 0.4) is 0 Å². The minimum Gasteiger partial charge on any atom is -0.383 e. The lowest BCUT2D eigenvalue weighted by atomic mass is 10.0. The zero-order valence-corrected chi connectivity index (χ0v) is 21.0. The third kappa shape index (κ3) is 6.94. The monoisotopic (exact) mass is 557 g/mol. The lowest BCUT2D eigenvalue weighted by Crippen LogP contribution is -2.41. The highest BCUT2D eigenvalue weighted by Gasteiger charge is 2.25. The molecule has 3 aromatic rings. The molecular formula is C21H29ClIN7O. The van der Waals surface area contributed by atoms with Crippen LogP contribution in [0.5, 0.6) is 0 Å². The van der Waals surface area contributed by atoms with Crippen molar-refractivity contribution >= 4 is 41.5 Å². The van der Waals surface area contributed by atoms with Crippen LogP contribution in [0, 0.1) is 0 Å². The maximum atomic E-state index is 10.8. The number of rotatable bonds is 8. The van der Waals surface area contributed by atoms with Gasteiger partial charge >= 0.3 is 0 Å². The third-order valence-corrected chi connectivity index (χ3v) is 5.03. The number of benzene rings is 1. The molecule has 0 radical (unpaired) electrons. The topological polar surface area (TPSA) is 92.3 Å². The van der Waals surface area contributed by atoms with Crippen LogP contribution in [0.1, 0.15) is 31.0 Å². The maximum absolute atomic E-state index is 10.8. The van der Waals surface area contributed by atoms with E-state index in [1.807, 2.05) is 55.2 Å². The van der Waals surface area contributed by atoms with Gasteiger partial charge in [-0.25, -0.2) is 4.99 Å². The first kappa shape index (κ1) is 25.2. The smallest absolute Gasteiger partial charge is 0.191 e. The Hall–Kier alpha value is -2.11. The van der Waals surface area contributed by atoms with Gasteiger partial charge in [-0.1, -0.05) is 23.7 Å². The first-order valence-electron chi connectivity index (χ1n) is 9.87. The maximum Gasteiger partial charge on any atom is 0.191 e. The second kappa shape index (κ2) is 11.5. The fourth-order valence-corrected chi connectivity index (χ4v) is 3.20. The zero-order chi connectivity index (χ0) is 21.6. The summed E-state index contributed by atoms with van der Waals surface area (Å²) >= 11 is 6.05. The minimum atomic E-state index is -1.12. The normalized spacial score (nSPS) is 14.4. The Morgan fingerprint density at radius 2 is 2.00 bits per heavy atom. The van der Waals surface area contributed by atoms with Crippen molar-refractivity contribution in [3.8, 4) is 0 Å². The molecule has 0 aliphatic rings. The van der Waals surface area contributed by atoms with Gasteiger partial charge < -0.3 is 15.7 Å². The number of hydrogen-bond donors (Lipinski definition) is 3. The number of guanidine groups is 1. The molecule has 0 spiro atoms. The van der Waals surface area contributed by atoms with Crippen molar-refractivity contribution in [2.75, 3.05) is 19.6 Å². The number of aromatic nitrogens is 4. The Morgan fingerprint density at radius 3 is 2.58 bits per heavy atom. The number of nitrogens with one attached hydrogen (secondary N) is 2. The first-order chi connectivity index (χ1) is 14.4. The van der Waals surface area contributed by atoms with Crippen molar-refractivity contribution in [3.05, 3.63) is 71.3 Å². The summed E-state index contributed by atoms with van der Waals surface area (Å²) < 4.78 is 3.56. The number of halogens is 2. The molecule has 168 valence electrons. The van der Waals surface area contributed by atoms with Crippen molar-refractivity contribution in [1.29, 1.82) is 0 Å². The number of aliphatic hydroxyl groups is 1. The summed E-state index contributed by atoms with van der Waals surface area (Å²) in [6.45, 7) is 5.19. The molecule has 1 aromatic carbocycles. The van der Waals surface area contributed by atoms with Gasteiger partial charge in [-0.3, -0.25) is 9.36 Å². The van der Waals surface area contributed by atoms with Crippen LogP contribution < -0.4 is 10.6 Å². The van der Waals surface area contributed by atoms with Crippen LogP contribution in [0.15, 0.2) is 60.1 Å². The molecule has 2 unspecified atom stereocenters. The van der Waals surface area contributed by atoms with Crippen LogP contribution in [0.2, 0.25) is 5.02 Å². The van der Waals surface area contributed by atoms with Gasteiger partial charge in [-0.05, 0) is 37.6 Å². The number of aliphatic imine (C=N–C) groups is 1. The van der Waals surface area contributed by atoms with E-state index in [2.05, 4.69) is 25.8 Å². The van der Waals surface area contributed by atoms with E-state index in [0.717, 1.165) is 11.1 Å². The SMILES string of the molecule is CCNC(=NCC(C)(O)c1cnn(C)c1)NCC(c1ccc(Cl)cc1)n1cccn1.I. The Bertz CT molecular complexity index is 955. The molecule has 8 nitrogen and oxygen atoms in total. The van der Waals surface area contributed by atoms with Gasteiger partial charge in [0.25, 0.3) is 0 Å². The van der Waals surface area contributed by atoms with Gasteiger partial charge in [0.05, 0.1) is 18.8 Å². The van der Waals surface area contributed by atoms with Crippen LogP contribution in [-0.2, 0) is 12.6 Å². The number of hydrogen-bond acceptors (Lipinski definition) is 4. The average molecular weight is 558 g/mol. The number of aryl methyl sites for hydroxylation is 1. The highest BCUT2D eigenvalue weighted by molar-refractivity contribution is 14.0. The van der Waals surface area contributed by atoms with E-state index in [4.69, 9.17) is 11.6 Å². The Labute approximate surface area is 204 Å². The molecular weight excluding hydrogens is 529 g/mol. The molecule has 0 amide bonds. The molecule has 0 fully saturated rings. The molecule has 2 aromatic heterocycles. The predicted molar refractivity (Wildman–Crippen MR) is 134 cm³/mol. The second-order valence-electron chi connectivity index (χ2n) is 7.31. The van der Waals surface area contributed by atoms with Crippen molar-refractivity contribution in [1.82, 2.24) is 30.2 Å². The predicted octanol–water partition coefficient (Wildman–Crippen LogP) is 2.94. The molecule has 0 saturated carbocycles. The summed E-state index contributed by atoms with van der Waals surface area (Å²) in [7, 11) is 1.82. The standard InChI is InChI=1S/C21H28ClN7O.HI/c1-4-23-20(25-15-21(2,30)17-12-27-28(3)14-17)24-13-19(29-11-5-10-26-29)16-6-8-18(22)9-7-16;/h5-12,14,19,30H,4,13,15H2,1-3H3,(H2,23,24,25);1H. The fraction of sp³-hybridized carbons (Fsp3) is 0.381. The molecule has 0 aliphatic carbocycles.